The summed E-state index contributed by atoms with van der Waals surface area (Å²) in [6, 6.07) is 4.83. The lowest BCUT2D eigenvalue weighted by molar-refractivity contribution is 0.188. The second-order valence-electron chi connectivity index (χ2n) is 4.63. The van der Waals surface area contributed by atoms with Gasteiger partial charge >= 0.3 is 0 Å². The van der Waals surface area contributed by atoms with E-state index in [9.17, 15) is 4.39 Å². The molecule has 1 aromatic rings. The topological polar surface area (TPSA) is 43.7 Å². The quantitative estimate of drug-likeness (QED) is 0.748. The van der Waals surface area contributed by atoms with Crippen LogP contribution < -0.4 is 0 Å². The predicted octanol–water partition coefficient (Wildman–Crippen LogP) is 1.76. The van der Waals surface area contributed by atoms with Crippen molar-refractivity contribution in [1.29, 1.82) is 0 Å². The number of hydrogen-bond donors (Lipinski definition) is 2. The molecule has 0 aliphatic rings. The molecule has 0 aliphatic heterocycles. The van der Waals surface area contributed by atoms with Crippen LogP contribution in [-0.2, 0) is 6.54 Å². The van der Waals surface area contributed by atoms with Gasteiger partial charge in [-0.25, -0.2) is 4.39 Å². The molecule has 0 heterocycles. The van der Waals surface area contributed by atoms with Gasteiger partial charge in [0.25, 0.3) is 0 Å². The largest absolute Gasteiger partial charge is 0.395 e. The number of aliphatic hydroxyl groups is 2. The van der Waals surface area contributed by atoms with Crippen molar-refractivity contribution in [1.82, 2.24) is 4.90 Å². The maximum absolute atomic E-state index is 13.5. The van der Waals surface area contributed by atoms with Crippen molar-refractivity contribution in [2.45, 2.75) is 26.3 Å². The SMILES string of the molecule is CCCCN(CCO)Cc1ccc(F)c(C#CCO)c1. The number of benzene rings is 1. The molecule has 0 atom stereocenters. The molecule has 20 heavy (non-hydrogen) atoms. The Balaban J connectivity index is 2.78. The lowest BCUT2D eigenvalue weighted by Gasteiger charge is -2.21. The minimum absolute atomic E-state index is 0.113. The van der Waals surface area contributed by atoms with E-state index in [-0.39, 0.29) is 19.0 Å². The maximum atomic E-state index is 13.5. The van der Waals surface area contributed by atoms with E-state index in [1.54, 1.807) is 12.1 Å². The summed E-state index contributed by atoms with van der Waals surface area (Å²) in [7, 11) is 0. The van der Waals surface area contributed by atoms with Gasteiger partial charge in [0.15, 0.2) is 0 Å². The Labute approximate surface area is 120 Å². The molecule has 0 aromatic heterocycles. The molecule has 0 spiro atoms. The fraction of sp³-hybridized carbons (Fsp3) is 0.500. The normalized spacial score (nSPS) is 10.4. The van der Waals surface area contributed by atoms with Crippen LogP contribution in [0.15, 0.2) is 18.2 Å². The highest BCUT2D eigenvalue weighted by Crippen LogP contribution is 2.12. The zero-order chi connectivity index (χ0) is 14.8. The van der Waals surface area contributed by atoms with Gasteiger partial charge < -0.3 is 10.2 Å². The molecule has 0 saturated heterocycles. The number of halogens is 1. The third-order valence-electron chi connectivity index (χ3n) is 2.98. The van der Waals surface area contributed by atoms with Crippen LogP contribution in [0.5, 0.6) is 0 Å². The molecular formula is C16H22FNO2. The molecule has 0 bridgehead atoms. The van der Waals surface area contributed by atoms with Gasteiger partial charge in [0.2, 0.25) is 0 Å². The molecule has 1 rings (SSSR count). The van der Waals surface area contributed by atoms with E-state index in [0.29, 0.717) is 18.7 Å². The Morgan fingerprint density at radius 2 is 2.05 bits per heavy atom. The molecule has 0 unspecified atom stereocenters. The molecule has 0 amide bonds. The Hall–Kier alpha value is -1.41. The van der Waals surface area contributed by atoms with Crippen molar-refractivity contribution >= 4 is 0 Å². The molecule has 2 N–H and O–H groups in total. The van der Waals surface area contributed by atoms with Crippen LogP contribution in [-0.4, -0.2) is 41.4 Å². The molecule has 1 aromatic carbocycles. The highest BCUT2D eigenvalue weighted by molar-refractivity contribution is 5.38. The van der Waals surface area contributed by atoms with Gasteiger partial charge in [0.05, 0.1) is 12.2 Å². The molecule has 110 valence electrons. The summed E-state index contributed by atoms with van der Waals surface area (Å²) in [5.41, 5.74) is 1.26. The fourth-order valence-electron chi connectivity index (χ4n) is 1.95. The van der Waals surface area contributed by atoms with E-state index < -0.39 is 0 Å². The van der Waals surface area contributed by atoms with Crippen molar-refractivity contribution in [3.63, 3.8) is 0 Å². The average molecular weight is 279 g/mol. The Kier molecular flexibility index (Phi) is 7.89. The van der Waals surface area contributed by atoms with Crippen LogP contribution in [0.3, 0.4) is 0 Å². The predicted molar refractivity (Wildman–Crippen MR) is 77.6 cm³/mol. The van der Waals surface area contributed by atoms with E-state index in [2.05, 4.69) is 23.7 Å². The van der Waals surface area contributed by atoms with Crippen LogP contribution >= 0.6 is 0 Å². The second kappa shape index (κ2) is 9.49. The summed E-state index contributed by atoms with van der Waals surface area (Å²) in [5.74, 6) is 4.69. The number of unbranched alkanes of at least 4 members (excludes halogenated alkanes) is 1. The van der Waals surface area contributed by atoms with Crippen molar-refractivity contribution in [2.75, 3.05) is 26.3 Å². The Morgan fingerprint density at radius 1 is 1.25 bits per heavy atom. The Morgan fingerprint density at radius 3 is 2.70 bits per heavy atom. The first kappa shape index (κ1) is 16.6. The van der Waals surface area contributed by atoms with Crippen LogP contribution in [0, 0.1) is 17.7 Å². The number of rotatable bonds is 7. The molecular weight excluding hydrogens is 257 g/mol. The van der Waals surface area contributed by atoms with Crippen molar-refractivity contribution in [3.8, 4) is 11.8 Å². The molecule has 0 aliphatic carbocycles. The molecule has 0 fully saturated rings. The summed E-state index contributed by atoms with van der Waals surface area (Å²) in [6.07, 6.45) is 2.16. The summed E-state index contributed by atoms with van der Waals surface area (Å²) in [6.45, 7) is 4.13. The lowest BCUT2D eigenvalue weighted by atomic mass is 10.1. The lowest BCUT2D eigenvalue weighted by Crippen LogP contribution is -2.27. The van der Waals surface area contributed by atoms with Gasteiger partial charge in [0, 0.05) is 13.1 Å². The van der Waals surface area contributed by atoms with Crippen LogP contribution in [0.2, 0.25) is 0 Å². The third kappa shape index (κ3) is 5.70. The van der Waals surface area contributed by atoms with E-state index in [1.807, 2.05) is 0 Å². The highest BCUT2D eigenvalue weighted by Gasteiger charge is 2.07. The zero-order valence-corrected chi connectivity index (χ0v) is 11.9. The second-order valence-corrected chi connectivity index (χ2v) is 4.63. The minimum Gasteiger partial charge on any atom is -0.395 e. The van der Waals surface area contributed by atoms with E-state index in [1.165, 1.54) is 6.07 Å². The van der Waals surface area contributed by atoms with Crippen LogP contribution in [0.1, 0.15) is 30.9 Å². The third-order valence-corrected chi connectivity index (χ3v) is 2.98. The van der Waals surface area contributed by atoms with Gasteiger partial charge in [-0.2, -0.15) is 0 Å². The molecule has 3 nitrogen and oxygen atoms in total. The van der Waals surface area contributed by atoms with E-state index in [0.717, 1.165) is 24.9 Å². The van der Waals surface area contributed by atoms with Gasteiger partial charge in [-0.1, -0.05) is 31.3 Å². The molecule has 0 saturated carbocycles. The smallest absolute Gasteiger partial charge is 0.138 e. The van der Waals surface area contributed by atoms with Crippen molar-refractivity contribution < 1.29 is 14.6 Å². The fourth-order valence-corrected chi connectivity index (χ4v) is 1.95. The van der Waals surface area contributed by atoms with Crippen molar-refractivity contribution in [3.05, 3.63) is 35.1 Å². The number of nitrogens with zero attached hydrogens (tertiary/aromatic N) is 1. The van der Waals surface area contributed by atoms with Gasteiger partial charge in [-0.05, 0) is 30.7 Å². The van der Waals surface area contributed by atoms with Crippen molar-refractivity contribution in [2.24, 2.45) is 0 Å². The van der Waals surface area contributed by atoms with Gasteiger partial charge in [0.1, 0.15) is 12.4 Å². The Bertz CT molecular complexity index is 465. The molecule has 0 radical (unpaired) electrons. The van der Waals surface area contributed by atoms with Crippen LogP contribution in [0.4, 0.5) is 4.39 Å². The zero-order valence-electron chi connectivity index (χ0n) is 11.9. The van der Waals surface area contributed by atoms with Gasteiger partial charge in [-0.3, -0.25) is 4.90 Å². The number of hydrogen-bond acceptors (Lipinski definition) is 3. The first-order valence-corrected chi connectivity index (χ1v) is 6.92. The first-order valence-electron chi connectivity index (χ1n) is 6.92. The highest BCUT2D eigenvalue weighted by atomic mass is 19.1. The maximum Gasteiger partial charge on any atom is 0.138 e. The van der Waals surface area contributed by atoms with Crippen LogP contribution in [0.25, 0.3) is 0 Å². The summed E-state index contributed by atoms with van der Waals surface area (Å²) < 4.78 is 13.5. The first-order chi connectivity index (χ1) is 9.71. The summed E-state index contributed by atoms with van der Waals surface area (Å²) >= 11 is 0. The van der Waals surface area contributed by atoms with Gasteiger partial charge in [-0.15, -0.1) is 0 Å². The van der Waals surface area contributed by atoms with E-state index >= 15 is 0 Å². The summed E-state index contributed by atoms with van der Waals surface area (Å²) in [5, 5.41) is 17.7. The standard InChI is InChI=1S/C16H22FNO2/c1-2-3-8-18(9-11-20)13-14-6-7-16(17)15(12-14)5-4-10-19/h6-7,12,19-20H,2-3,8-11,13H2,1H3. The van der Waals surface area contributed by atoms with E-state index in [4.69, 9.17) is 10.2 Å². The summed E-state index contributed by atoms with van der Waals surface area (Å²) in [4.78, 5) is 2.14. The average Bonchev–Trinajstić information content (AvgIpc) is 2.45. The molecule has 4 heteroatoms. The monoisotopic (exact) mass is 279 g/mol. The minimum atomic E-state index is -0.378. The number of aliphatic hydroxyl groups excluding tert-OH is 2.